The Morgan fingerprint density at radius 3 is 2.24 bits per heavy atom. The van der Waals surface area contributed by atoms with Crippen LogP contribution in [0.2, 0.25) is 0 Å². The van der Waals surface area contributed by atoms with Crippen LogP contribution in [0, 0.1) is 0 Å². The molecular formula is C18H24F3NO6S. The van der Waals surface area contributed by atoms with E-state index in [2.05, 4.69) is 4.18 Å². The Hall–Kier alpha value is -2.01. The van der Waals surface area contributed by atoms with Crippen molar-refractivity contribution in [3.63, 3.8) is 0 Å². The molecule has 0 aromatic heterocycles. The Kier molecular flexibility index (Phi) is 6.16. The number of hydrogen-bond acceptors (Lipinski definition) is 6. The van der Waals surface area contributed by atoms with Crippen LogP contribution in [0.5, 0.6) is 5.75 Å². The van der Waals surface area contributed by atoms with E-state index in [9.17, 15) is 26.4 Å². The van der Waals surface area contributed by atoms with Gasteiger partial charge in [-0.15, -0.1) is 0 Å². The topological polar surface area (TPSA) is 82.1 Å². The third-order valence-corrected chi connectivity index (χ3v) is 5.03. The minimum absolute atomic E-state index is 0.243. The van der Waals surface area contributed by atoms with Crippen molar-refractivity contribution in [2.24, 2.45) is 0 Å². The van der Waals surface area contributed by atoms with Crippen LogP contribution in [0.4, 0.5) is 18.0 Å². The smallest absolute Gasteiger partial charge is 0.444 e. The van der Waals surface area contributed by atoms with Crippen LogP contribution in [0.25, 0.3) is 0 Å². The molecule has 1 aromatic rings. The lowest BCUT2D eigenvalue weighted by molar-refractivity contribution is -0.0624. The Labute approximate surface area is 167 Å². The highest BCUT2D eigenvalue weighted by atomic mass is 32.2. The zero-order chi connectivity index (χ0) is 22.3. The van der Waals surface area contributed by atoms with Crippen molar-refractivity contribution < 1.29 is 40.0 Å². The highest BCUT2D eigenvalue weighted by Crippen LogP contribution is 2.32. The van der Waals surface area contributed by atoms with Gasteiger partial charge in [0.2, 0.25) is 0 Å². The molecule has 29 heavy (non-hydrogen) atoms. The third kappa shape index (κ3) is 5.75. The fourth-order valence-corrected chi connectivity index (χ4v) is 3.30. The van der Waals surface area contributed by atoms with E-state index in [4.69, 9.17) is 9.47 Å². The van der Waals surface area contributed by atoms with E-state index in [0.717, 1.165) is 12.1 Å². The first-order valence-electron chi connectivity index (χ1n) is 8.78. The van der Waals surface area contributed by atoms with Gasteiger partial charge in [-0.3, -0.25) is 4.90 Å². The monoisotopic (exact) mass is 439 g/mol. The fraction of sp³-hybridized carbons (Fsp3) is 0.611. The van der Waals surface area contributed by atoms with Gasteiger partial charge in [0.1, 0.15) is 17.1 Å². The number of halogens is 3. The minimum Gasteiger partial charge on any atom is -0.444 e. The molecule has 1 unspecified atom stereocenters. The van der Waals surface area contributed by atoms with Crippen molar-refractivity contribution in [3.05, 3.63) is 29.8 Å². The highest BCUT2D eigenvalue weighted by Gasteiger charge is 2.48. The average molecular weight is 439 g/mol. The molecule has 1 amide bonds. The Morgan fingerprint density at radius 2 is 1.76 bits per heavy atom. The molecule has 0 aliphatic carbocycles. The fourth-order valence-electron chi connectivity index (χ4n) is 2.84. The molecule has 2 rings (SSSR count). The summed E-state index contributed by atoms with van der Waals surface area (Å²) in [6.07, 6.45) is -0.212. The van der Waals surface area contributed by atoms with E-state index >= 15 is 0 Å². The van der Waals surface area contributed by atoms with E-state index < -0.39 is 38.8 Å². The van der Waals surface area contributed by atoms with Crippen molar-refractivity contribution in [1.29, 1.82) is 0 Å². The van der Waals surface area contributed by atoms with E-state index in [0.29, 0.717) is 12.0 Å². The SMILES string of the molecule is CC(C)(C)OC(=O)N1C(Cc2ccc(OS(=O)(=O)C(F)(F)F)cc2)COC1(C)C. The van der Waals surface area contributed by atoms with Crippen LogP contribution < -0.4 is 4.18 Å². The first-order chi connectivity index (χ1) is 13.0. The van der Waals surface area contributed by atoms with Crippen LogP contribution in [-0.4, -0.2) is 48.9 Å². The summed E-state index contributed by atoms with van der Waals surface area (Å²) in [7, 11) is -5.73. The molecule has 1 aromatic carbocycles. The number of ether oxygens (including phenoxy) is 2. The maximum atomic E-state index is 12.6. The lowest BCUT2D eigenvalue weighted by atomic mass is 10.0. The number of amides is 1. The lowest BCUT2D eigenvalue weighted by Crippen LogP contribution is -2.50. The summed E-state index contributed by atoms with van der Waals surface area (Å²) in [5, 5.41) is 0. The number of carbonyl (C=O) groups excluding carboxylic acids is 1. The molecule has 1 aliphatic heterocycles. The molecule has 164 valence electrons. The number of rotatable bonds is 4. The zero-order valence-corrected chi connectivity index (χ0v) is 17.6. The standard InChI is InChI=1S/C18H24F3NO6S/c1-16(2,3)27-15(23)22-13(11-26-17(22,4)5)10-12-6-8-14(9-7-12)28-29(24,25)18(19,20)21/h6-9,13H,10-11H2,1-5H3. The second kappa shape index (κ2) is 7.67. The van der Waals surface area contributed by atoms with Gasteiger partial charge in [-0.05, 0) is 58.7 Å². The van der Waals surface area contributed by atoms with Gasteiger partial charge in [-0.2, -0.15) is 21.6 Å². The van der Waals surface area contributed by atoms with Gasteiger partial charge in [0.25, 0.3) is 0 Å². The van der Waals surface area contributed by atoms with Gasteiger partial charge in [0, 0.05) is 0 Å². The van der Waals surface area contributed by atoms with E-state index in [-0.39, 0.29) is 12.6 Å². The molecular weight excluding hydrogens is 415 g/mol. The Bertz CT molecular complexity index is 844. The molecule has 1 atom stereocenters. The predicted molar refractivity (Wildman–Crippen MR) is 97.6 cm³/mol. The largest absolute Gasteiger partial charge is 0.534 e. The number of carbonyl (C=O) groups is 1. The molecule has 11 heteroatoms. The molecule has 1 saturated heterocycles. The van der Waals surface area contributed by atoms with Crippen LogP contribution in [0.1, 0.15) is 40.2 Å². The van der Waals surface area contributed by atoms with Gasteiger partial charge >= 0.3 is 21.7 Å². The Balaban J connectivity index is 2.13. The molecule has 0 bridgehead atoms. The summed E-state index contributed by atoms with van der Waals surface area (Å²) in [4.78, 5) is 14.1. The maximum Gasteiger partial charge on any atom is 0.534 e. The van der Waals surface area contributed by atoms with Gasteiger partial charge < -0.3 is 13.7 Å². The van der Waals surface area contributed by atoms with E-state index in [1.54, 1.807) is 34.6 Å². The summed E-state index contributed by atoms with van der Waals surface area (Å²) >= 11 is 0. The summed E-state index contributed by atoms with van der Waals surface area (Å²) in [5.41, 5.74) is -6.44. The van der Waals surface area contributed by atoms with Crippen LogP contribution >= 0.6 is 0 Å². The molecule has 0 radical (unpaired) electrons. The normalized spacial score (nSPS) is 19.9. The molecule has 0 saturated carbocycles. The quantitative estimate of drug-likeness (QED) is 0.524. The molecule has 1 heterocycles. The van der Waals surface area contributed by atoms with Gasteiger partial charge in [0.15, 0.2) is 0 Å². The summed E-state index contributed by atoms with van der Waals surface area (Å²) in [6, 6.07) is 4.74. The van der Waals surface area contributed by atoms with Gasteiger partial charge in [0.05, 0.1) is 12.6 Å². The van der Waals surface area contributed by atoms with E-state index in [1.807, 2.05) is 0 Å². The van der Waals surface area contributed by atoms with Crippen molar-refractivity contribution in [1.82, 2.24) is 4.90 Å². The van der Waals surface area contributed by atoms with Crippen LogP contribution in [-0.2, 0) is 26.0 Å². The van der Waals surface area contributed by atoms with E-state index in [1.165, 1.54) is 17.0 Å². The second-order valence-corrected chi connectivity index (χ2v) is 9.63. The number of alkyl halides is 3. The summed E-state index contributed by atoms with van der Waals surface area (Å²) in [5.74, 6) is -0.460. The zero-order valence-electron chi connectivity index (χ0n) is 16.7. The minimum atomic E-state index is -5.73. The Morgan fingerprint density at radius 1 is 1.21 bits per heavy atom. The number of nitrogens with zero attached hydrogens (tertiary/aromatic N) is 1. The van der Waals surface area contributed by atoms with Crippen molar-refractivity contribution in [3.8, 4) is 5.75 Å². The van der Waals surface area contributed by atoms with Crippen LogP contribution in [0.15, 0.2) is 24.3 Å². The molecule has 0 spiro atoms. The lowest BCUT2D eigenvalue weighted by Gasteiger charge is -2.35. The van der Waals surface area contributed by atoms with Crippen molar-refractivity contribution >= 4 is 16.2 Å². The van der Waals surface area contributed by atoms with Crippen molar-refractivity contribution in [2.45, 2.75) is 63.9 Å². The number of benzene rings is 1. The van der Waals surface area contributed by atoms with Gasteiger partial charge in [-0.1, -0.05) is 12.1 Å². The summed E-state index contributed by atoms with van der Waals surface area (Å²) in [6.45, 7) is 8.95. The molecule has 7 nitrogen and oxygen atoms in total. The molecule has 0 N–H and O–H groups in total. The highest BCUT2D eigenvalue weighted by molar-refractivity contribution is 7.88. The molecule has 1 fully saturated rings. The molecule has 1 aliphatic rings. The predicted octanol–water partition coefficient (Wildman–Crippen LogP) is 3.83. The van der Waals surface area contributed by atoms with Crippen molar-refractivity contribution in [2.75, 3.05) is 6.61 Å². The van der Waals surface area contributed by atoms with Gasteiger partial charge in [-0.25, -0.2) is 4.79 Å². The first kappa shape index (κ1) is 23.3. The number of hydrogen-bond donors (Lipinski definition) is 0. The summed E-state index contributed by atoms with van der Waals surface area (Å²) < 4.78 is 74.6. The maximum absolute atomic E-state index is 12.6. The van der Waals surface area contributed by atoms with Crippen LogP contribution in [0.3, 0.4) is 0 Å². The average Bonchev–Trinajstić information content (AvgIpc) is 2.80. The third-order valence-electron chi connectivity index (χ3n) is 4.05. The first-order valence-corrected chi connectivity index (χ1v) is 10.2. The second-order valence-electron chi connectivity index (χ2n) is 8.09.